The van der Waals surface area contributed by atoms with Crippen molar-refractivity contribution in [1.82, 2.24) is 4.98 Å². The molecule has 2 N–H and O–H groups in total. The Labute approximate surface area is 104 Å². The minimum atomic E-state index is 0.0483. The highest BCUT2D eigenvalue weighted by Crippen LogP contribution is 2.32. The normalized spacial score (nSPS) is 22.2. The third kappa shape index (κ3) is 2.44. The van der Waals surface area contributed by atoms with E-state index in [4.69, 9.17) is 5.73 Å². The molecule has 0 radical (unpaired) electrons. The van der Waals surface area contributed by atoms with E-state index in [1.807, 2.05) is 19.2 Å². The number of aromatic nitrogens is 1. The van der Waals surface area contributed by atoms with E-state index in [1.165, 1.54) is 18.4 Å². The maximum Gasteiger partial charge on any atom is 0.133 e. The molecular weight excluding hydrogens is 210 g/mol. The Morgan fingerprint density at radius 3 is 2.82 bits per heavy atom. The molecule has 1 aliphatic rings. The van der Waals surface area contributed by atoms with E-state index in [1.54, 1.807) is 0 Å². The third-order valence-corrected chi connectivity index (χ3v) is 3.65. The largest absolute Gasteiger partial charge is 0.353 e. The molecule has 2 rings (SSSR count). The van der Waals surface area contributed by atoms with Crippen LogP contribution < -0.4 is 10.6 Å². The van der Waals surface area contributed by atoms with Crippen LogP contribution in [0.1, 0.15) is 45.2 Å². The Kier molecular flexibility index (Phi) is 3.67. The molecule has 0 spiro atoms. The van der Waals surface area contributed by atoms with Gasteiger partial charge in [0.1, 0.15) is 5.82 Å². The number of pyridine rings is 1. The summed E-state index contributed by atoms with van der Waals surface area (Å²) in [7, 11) is 0. The summed E-state index contributed by atoms with van der Waals surface area (Å²) < 4.78 is 0. The second-order valence-corrected chi connectivity index (χ2v) is 5.35. The predicted octanol–water partition coefficient (Wildman–Crippen LogP) is 2.73. The molecule has 2 heterocycles. The topological polar surface area (TPSA) is 42.1 Å². The summed E-state index contributed by atoms with van der Waals surface area (Å²) in [6.45, 7) is 7.72. The Hall–Kier alpha value is -1.09. The molecule has 0 saturated carbocycles. The van der Waals surface area contributed by atoms with Gasteiger partial charge >= 0.3 is 0 Å². The standard InChI is InChI=1S/C14H23N3/c1-10(2)13-7-5-9-17(13)14-12(11(3)15)6-4-8-16-14/h4,6,8,10-11,13H,5,7,9,15H2,1-3H3. The van der Waals surface area contributed by atoms with Crippen LogP contribution in [0, 0.1) is 5.92 Å². The van der Waals surface area contributed by atoms with Crippen molar-refractivity contribution in [2.75, 3.05) is 11.4 Å². The monoisotopic (exact) mass is 233 g/mol. The highest BCUT2D eigenvalue weighted by Gasteiger charge is 2.29. The van der Waals surface area contributed by atoms with E-state index in [0.29, 0.717) is 12.0 Å². The number of hydrogen-bond donors (Lipinski definition) is 1. The second kappa shape index (κ2) is 5.05. The van der Waals surface area contributed by atoms with Gasteiger partial charge in [0.15, 0.2) is 0 Å². The molecule has 0 bridgehead atoms. The van der Waals surface area contributed by atoms with Gasteiger partial charge in [0.2, 0.25) is 0 Å². The quantitative estimate of drug-likeness (QED) is 0.873. The molecule has 0 aromatic carbocycles. The summed E-state index contributed by atoms with van der Waals surface area (Å²) in [4.78, 5) is 7.01. The molecule has 1 saturated heterocycles. The van der Waals surface area contributed by atoms with E-state index in [0.717, 1.165) is 12.4 Å². The van der Waals surface area contributed by atoms with Gasteiger partial charge in [0.05, 0.1) is 0 Å². The second-order valence-electron chi connectivity index (χ2n) is 5.35. The van der Waals surface area contributed by atoms with E-state index >= 15 is 0 Å². The predicted molar refractivity (Wildman–Crippen MR) is 72.0 cm³/mol. The molecule has 94 valence electrons. The zero-order valence-electron chi connectivity index (χ0n) is 11.1. The van der Waals surface area contributed by atoms with Crippen LogP contribution in [0.4, 0.5) is 5.82 Å². The van der Waals surface area contributed by atoms with Gasteiger partial charge < -0.3 is 10.6 Å². The van der Waals surface area contributed by atoms with E-state index in [-0.39, 0.29) is 6.04 Å². The van der Waals surface area contributed by atoms with Crippen molar-refractivity contribution in [2.45, 2.75) is 45.7 Å². The lowest BCUT2D eigenvalue weighted by atomic mass is 10.0. The number of nitrogens with zero attached hydrogens (tertiary/aromatic N) is 2. The molecular formula is C14H23N3. The smallest absolute Gasteiger partial charge is 0.133 e. The zero-order valence-corrected chi connectivity index (χ0v) is 11.1. The van der Waals surface area contributed by atoms with Gasteiger partial charge in [-0.25, -0.2) is 4.98 Å². The van der Waals surface area contributed by atoms with E-state index < -0.39 is 0 Å². The fraction of sp³-hybridized carbons (Fsp3) is 0.643. The molecule has 2 unspecified atom stereocenters. The molecule has 0 aliphatic carbocycles. The van der Waals surface area contributed by atoms with Gasteiger partial charge in [-0.15, -0.1) is 0 Å². The Morgan fingerprint density at radius 1 is 1.41 bits per heavy atom. The number of anilines is 1. The summed E-state index contributed by atoms with van der Waals surface area (Å²) in [6.07, 6.45) is 4.40. The van der Waals surface area contributed by atoms with Crippen molar-refractivity contribution in [2.24, 2.45) is 11.7 Å². The Balaban J connectivity index is 2.33. The molecule has 17 heavy (non-hydrogen) atoms. The van der Waals surface area contributed by atoms with Crippen LogP contribution in [0.3, 0.4) is 0 Å². The Morgan fingerprint density at radius 2 is 2.18 bits per heavy atom. The van der Waals surface area contributed by atoms with Crippen LogP contribution in [0.5, 0.6) is 0 Å². The van der Waals surface area contributed by atoms with Gasteiger partial charge in [-0.1, -0.05) is 19.9 Å². The first kappa shape index (κ1) is 12.4. The average Bonchev–Trinajstić information content (AvgIpc) is 2.77. The Bertz CT molecular complexity index is 373. The van der Waals surface area contributed by atoms with Crippen molar-refractivity contribution >= 4 is 5.82 Å². The van der Waals surface area contributed by atoms with E-state index in [2.05, 4.69) is 29.8 Å². The summed E-state index contributed by atoms with van der Waals surface area (Å²) in [6, 6.07) is 4.74. The number of nitrogens with two attached hydrogens (primary N) is 1. The van der Waals surface area contributed by atoms with Crippen LogP contribution in [0.15, 0.2) is 18.3 Å². The number of rotatable bonds is 3. The lowest BCUT2D eigenvalue weighted by Crippen LogP contribution is -2.35. The molecule has 2 atom stereocenters. The first-order valence-electron chi connectivity index (χ1n) is 6.58. The van der Waals surface area contributed by atoms with Crippen molar-refractivity contribution in [1.29, 1.82) is 0 Å². The fourth-order valence-electron chi connectivity index (χ4n) is 2.75. The van der Waals surface area contributed by atoms with Gasteiger partial charge in [0, 0.05) is 30.4 Å². The number of hydrogen-bond acceptors (Lipinski definition) is 3. The third-order valence-electron chi connectivity index (χ3n) is 3.65. The van der Waals surface area contributed by atoms with Crippen molar-refractivity contribution in [3.63, 3.8) is 0 Å². The average molecular weight is 233 g/mol. The molecule has 3 nitrogen and oxygen atoms in total. The van der Waals surface area contributed by atoms with Crippen LogP contribution in [0.2, 0.25) is 0 Å². The van der Waals surface area contributed by atoms with Crippen LogP contribution in [-0.4, -0.2) is 17.6 Å². The molecule has 3 heteroatoms. The summed E-state index contributed by atoms with van der Waals surface area (Å²) in [5, 5.41) is 0. The maximum atomic E-state index is 6.04. The highest BCUT2D eigenvalue weighted by atomic mass is 15.2. The van der Waals surface area contributed by atoms with Crippen LogP contribution in [0.25, 0.3) is 0 Å². The minimum absolute atomic E-state index is 0.0483. The van der Waals surface area contributed by atoms with Gasteiger partial charge in [-0.2, -0.15) is 0 Å². The van der Waals surface area contributed by atoms with Crippen molar-refractivity contribution in [3.8, 4) is 0 Å². The lowest BCUT2D eigenvalue weighted by Gasteiger charge is -2.30. The zero-order chi connectivity index (χ0) is 12.4. The van der Waals surface area contributed by atoms with Crippen LogP contribution in [-0.2, 0) is 0 Å². The molecule has 0 amide bonds. The molecule has 1 fully saturated rings. The van der Waals surface area contributed by atoms with Gasteiger partial charge in [0.25, 0.3) is 0 Å². The fourth-order valence-corrected chi connectivity index (χ4v) is 2.75. The summed E-state index contributed by atoms with van der Waals surface area (Å²) in [5.41, 5.74) is 7.20. The van der Waals surface area contributed by atoms with Crippen LogP contribution >= 0.6 is 0 Å². The first-order chi connectivity index (χ1) is 8.11. The maximum absolute atomic E-state index is 6.04. The molecule has 1 aromatic rings. The van der Waals surface area contributed by atoms with Crippen molar-refractivity contribution < 1.29 is 0 Å². The van der Waals surface area contributed by atoms with Gasteiger partial charge in [-0.3, -0.25) is 0 Å². The van der Waals surface area contributed by atoms with Gasteiger partial charge in [-0.05, 0) is 31.7 Å². The summed E-state index contributed by atoms with van der Waals surface area (Å²) >= 11 is 0. The first-order valence-corrected chi connectivity index (χ1v) is 6.58. The van der Waals surface area contributed by atoms with Crippen molar-refractivity contribution in [3.05, 3.63) is 23.9 Å². The molecule has 1 aromatic heterocycles. The summed E-state index contributed by atoms with van der Waals surface area (Å²) in [5.74, 6) is 1.76. The molecule has 1 aliphatic heterocycles. The lowest BCUT2D eigenvalue weighted by molar-refractivity contribution is 0.488. The SMILES string of the molecule is CC(N)c1cccnc1N1CCCC1C(C)C. The highest BCUT2D eigenvalue weighted by molar-refractivity contribution is 5.50. The minimum Gasteiger partial charge on any atom is -0.353 e. The van der Waals surface area contributed by atoms with E-state index in [9.17, 15) is 0 Å².